The van der Waals surface area contributed by atoms with E-state index in [0.717, 1.165) is 12.5 Å². The van der Waals surface area contributed by atoms with E-state index in [9.17, 15) is 14.7 Å². The van der Waals surface area contributed by atoms with Crippen LogP contribution in [0.1, 0.15) is 37.0 Å². The van der Waals surface area contributed by atoms with Gasteiger partial charge in [0.05, 0.1) is 23.9 Å². The van der Waals surface area contributed by atoms with Crippen molar-refractivity contribution in [1.82, 2.24) is 9.80 Å². The molecule has 0 saturated heterocycles. The van der Waals surface area contributed by atoms with Crippen molar-refractivity contribution in [3.8, 4) is 5.75 Å². The van der Waals surface area contributed by atoms with E-state index in [-0.39, 0.29) is 30.6 Å². The molecule has 1 fully saturated rings. The van der Waals surface area contributed by atoms with Crippen molar-refractivity contribution < 1.29 is 19.4 Å². The highest BCUT2D eigenvalue weighted by molar-refractivity contribution is 6.04. The molecule has 35 heavy (non-hydrogen) atoms. The van der Waals surface area contributed by atoms with Gasteiger partial charge in [0.25, 0.3) is 5.91 Å². The topological polar surface area (TPSA) is 94.1 Å². The Morgan fingerprint density at radius 3 is 2.57 bits per heavy atom. The molecular formula is C27H36N4O4. The fourth-order valence-electron chi connectivity index (χ4n) is 4.49. The molecule has 0 aromatic heterocycles. The van der Waals surface area contributed by atoms with E-state index >= 15 is 0 Å². The summed E-state index contributed by atoms with van der Waals surface area (Å²) in [5.74, 6) is 0.925. The zero-order valence-electron chi connectivity index (χ0n) is 20.7. The summed E-state index contributed by atoms with van der Waals surface area (Å²) in [6, 6.07) is 13.6. The number of amides is 3. The Morgan fingerprint density at radius 1 is 1.14 bits per heavy atom. The van der Waals surface area contributed by atoms with Crippen molar-refractivity contribution in [1.29, 1.82) is 0 Å². The first-order valence-corrected chi connectivity index (χ1v) is 12.4. The maximum atomic E-state index is 13.5. The van der Waals surface area contributed by atoms with Crippen LogP contribution in [0.5, 0.6) is 5.75 Å². The number of anilines is 2. The number of rotatable bonds is 8. The molecule has 0 unspecified atom stereocenters. The minimum absolute atomic E-state index is 0.0222. The van der Waals surface area contributed by atoms with Crippen LogP contribution in [0.2, 0.25) is 0 Å². The van der Waals surface area contributed by atoms with E-state index in [2.05, 4.69) is 29.5 Å². The number of fused-ring (bicyclic) bond motifs is 1. The highest BCUT2D eigenvalue weighted by Crippen LogP contribution is 2.35. The number of urea groups is 1. The van der Waals surface area contributed by atoms with Gasteiger partial charge in [-0.1, -0.05) is 31.2 Å². The van der Waals surface area contributed by atoms with Gasteiger partial charge in [-0.05, 0) is 57.0 Å². The lowest BCUT2D eigenvalue weighted by atomic mass is 9.99. The van der Waals surface area contributed by atoms with E-state index in [0.29, 0.717) is 35.8 Å². The maximum Gasteiger partial charge on any atom is 0.323 e. The highest BCUT2D eigenvalue weighted by atomic mass is 16.5. The predicted octanol–water partition coefficient (Wildman–Crippen LogP) is 3.89. The number of hydrogen-bond acceptors (Lipinski definition) is 5. The van der Waals surface area contributed by atoms with Gasteiger partial charge in [0.1, 0.15) is 6.10 Å². The van der Waals surface area contributed by atoms with Gasteiger partial charge in [-0.15, -0.1) is 0 Å². The van der Waals surface area contributed by atoms with Gasteiger partial charge in [0.15, 0.2) is 5.75 Å². The number of likely N-dealkylation sites (N-methyl/N-ethyl adjacent to an activating group) is 1. The largest absolute Gasteiger partial charge is 0.486 e. The summed E-state index contributed by atoms with van der Waals surface area (Å²) in [5.41, 5.74) is 1.48. The first kappa shape index (κ1) is 25.0. The first-order valence-electron chi connectivity index (χ1n) is 12.4. The van der Waals surface area contributed by atoms with Crippen LogP contribution in [0.4, 0.5) is 16.2 Å². The molecule has 0 bridgehead atoms. The Bertz CT molecular complexity index is 1030. The lowest BCUT2D eigenvalue weighted by Crippen LogP contribution is -2.50. The molecule has 8 heteroatoms. The molecule has 1 aliphatic heterocycles. The Morgan fingerprint density at radius 2 is 1.89 bits per heavy atom. The Labute approximate surface area is 207 Å². The number of aliphatic hydroxyl groups is 1. The summed E-state index contributed by atoms with van der Waals surface area (Å²) in [6.45, 7) is 6.00. The number of aliphatic hydroxyl groups excluding tert-OH is 1. The Balaban J connectivity index is 1.63. The average molecular weight is 481 g/mol. The van der Waals surface area contributed by atoms with Gasteiger partial charge in [-0.2, -0.15) is 0 Å². The molecule has 1 saturated carbocycles. The molecule has 1 aliphatic carbocycles. The van der Waals surface area contributed by atoms with Gasteiger partial charge in [0.2, 0.25) is 0 Å². The molecule has 3 N–H and O–H groups in total. The van der Waals surface area contributed by atoms with Gasteiger partial charge in [-0.25, -0.2) is 4.79 Å². The molecule has 0 spiro atoms. The molecular weight excluding hydrogens is 444 g/mol. The fourth-order valence-corrected chi connectivity index (χ4v) is 4.49. The minimum atomic E-state index is -0.418. The van der Waals surface area contributed by atoms with Crippen molar-refractivity contribution in [2.45, 2.75) is 38.8 Å². The standard InChI is InChI=1S/C27H36N4O4/c1-18-14-31(19(2)17-32)26(33)22-10-7-11-23(29-27(34)28-21-8-5-4-6-9-21)25(22)35-24(18)16-30(3)15-20-12-13-20/h4-11,18-20,24,32H,12-17H2,1-3H3,(H2,28,29,34)/t18-,19+,24+/m1/s1. The molecule has 8 nitrogen and oxygen atoms in total. The van der Waals surface area contributed by atoms with E-state index in [1.54, 1.807) is 35.2 Å². The van der Waals surface area contributed by atoms with Gasteiger partial charge >= 0.3 is 6.03 Å². The average Bonchev–Trinajstić information content (AvgIpc) is 3.65. The number of carbonyl (C=O) groups excluding carboxylic acids is 2. The molecule has 4 rings (SSSR count). The maximum absolute atomic E-state index is 13.5. The monoisotopic (exact) mass is 480 g/mol. The van der Waals surface area contributed by atoms with Crippen LogP contribution >= 0.6 is 0 Å². The molecule has 2 aromatic rings. The second kappa shape index (κ2) is 11.1. The van der Waals surface area contributed by atoms with Crippen LogP contribution < -0.4 is 15.4 Å². The zero-order chi connectivity index (χ0) is 24.9. The molecule has 2 aromatic carbocycles. The summed E-state index contributed by atoms with van der Waals surface area (Å²) in [6.07, 6.45) is 2.35. The minimum Gasteiger partial charge on any atom is -0.486 e. The number of nitrogens with one attached hydrogen (secondary N) is 2. The van der Waals surface area contributed by atoms with Crippen LogP contribution in [-0.4, -0.2) is 72.3 Å². The summed E-state index contributed by atoms with van der Waals surface area (Å²) in [5, 5.41) is 15.5. The van der Waals surface area contributed by atoms with Crippen LogP contribution in [0.15, 0.2) is 48.5 Å². The summed E-state index contributed by atoms with van der Waals surface area (Å²) >= 11 is 0. The lowest BCUT2D eigenvalue weighted by Gasteiger charge is -2.38. The van der Waals surface area contributed by atoms with Crippen molar-refractivity contribution in [3.05, 3.63) is 54.1 Å². The number of hydrogen-bond donors (Lipinski definition) is 3. The Kier molecular flexibility index (Phi) is 7.93. The number of para-hydroxylation sites is 2. The molecule has 2 aliphatic rings. The second-order valence-corrected chi connectivity index (χ2v) is 9.91. The van der Waals surface area contributed by atoms with Crippen molar-refractivity contribution in [2.24, 2.45) is 11.8 Å². The smallest absolute Gasteiger partial charge is 0.323 e. The fraction of sp³-hybridized carbons (Fsp3) is 0.481. The molecule has 188 valence electrons. The number of nitrogens with zero attached hydrogens (tertiary/aromatic N) is 2. The highest BCUT2D eigenvalue weighted by Gasteiger charge is 2.35. The third-order valence-corrected chi connectivity index (χ3v) is 6.73. The number of ether oxygens (including phenoxy) is 1. The molecule has 1 heterocycles. The molecule has 0 radical (unpaired) electrons. The van der Waals surface area contributed by atoms with Gasteiger partial charge in [-0.3, -0.25) is 4.79 Å². The third-order valence-electron chi connectivity index (χ3n) is 6.73. The third kappa shape index (κ3) is 6.32. The van der Waals surface area contributed by atoms with E-state index in [1.807, 2.05) is 25.1 Å². The number of carbonyl (C=O) groups is 2. The summed E-state index contributed by atoms with van der Waals surface area (Å²) in [7, 11) is 2.10. The van der Waals surface area contributed by atoms with E-state index in [1.165, 1.54) is 12.8 Å². The van der Waals surface area contributed by atoms with Crippen molar-refractivity contribution in [3.63, 3.8) is 0 Å². The van der Waals surface area contributed by atoms with E-state index in [4.69, 9.17) is 4.74 Å². The lowest BCUT2D eigenvalue weighted by molar-refractivity contribution is 0.0346. The quantitative estimate of drug-likeness (QED) is 0.533. The van der Waals surface area contributed by atoms with E-state index < -0.39 is 6.03 Å². The SMILES string of the molecule is C[C@@H]1CN([C@@H](C)CO)C(=O)c2cccc(NC(=O)Nc3ccccc3)c2O[C@H]1CN(C)CC1CC1. The predicted molar refractivity (Wildman–Crippen MR) is 137 cm³/mol. The number of benzene rings is 2. The van der Waals surface area contributed by atoms with Crippen LogP contribution in [0.3, 0.4) is 0 Å². The zero-order valence-corrected chi connectivity index (χ0v) is 20.7. The molecule has 3 atom stereocenters. The van der Waals surface area contributed by atoms with Crippen LogP contribution in [0, 0.1) is 11.8 Å². The van der Waals surface area contributed by atoms with Crippen LogP contribution in [0.25, 0.3) is 0 Å². The summed E-state index contributed by atoms with van der Waals surface area (Å²) in [4.78, 5) is 30.3. The second-order valence-electron chi connectivity index (χ2n) is 9.91. The summed E-state index contributed by atoms with van der Waals surface area (Å²) < 4.78 is 6.54. The van der Waals surface area contributed by atoms with Crippen LogP contribution in [-0.2, 0) is 0 Å². The van der Waals surface area contributed by atoms with Gasteiger partial charge < -0.3 is 30.3 Å². The Hall–Kier alpha value is -3.10. The van der Waals surface area contributed by atoms with Crippen molar-refractivity contribution in [2.75, 3.05) is 43.9 Å². The normalized spacial score (nSPS) is 20.9. The first-order chi connectivity index (χ1) is 16.9. The van der Waals surface area contributed by atoms with Crippen molar-refractivity contribution >= 4 is 23.3 Å². The van der Waals surface area contributed by atoms with Gasteiger partial charge in [0, 0.05) is 31.2 Å². The molecule has 3 amide bonds.